The molecular formula is C10H19N3. The highest BCUT2D eigenvalue weighted by atomic mass is 15.1. The second kappa shape index (κ2) is 3.69. The molecule has 0 atom stereocenters. The Morgan fingerprint density at radius 2 is 1.77 bits per heavy atom. The number of hydrogen-bond acceptors (Lipinski definition) is 1. The van der Waals surface area contributed by atoms with Gasteiger partial charge in [-0.15, -0.1) is 6.42 Å². The lowest BCUT2D eigenvalue weighted by atomic mass is 10.1. The molecule has 0 unspecified atom stereocenters. The van der Waals surface area contributed by atoms with Gasteiger partial charge in [-0.1, -0.05) is 5.92 Å². The Labute approximate surface area is 80.8 Å². The molecular weight excluding hydrogens is 162 g/mol. The maximum Gasteiger partial charge on any atom is 0.190 e. The zero-order valence-electron chi connectivity index (χ0n) is 9.10. The quantitative estimate of drug-likeness (QED) is 0.361. The van der Waals surface area contributed by atoms with Crippen molar-refractivity contribution in [2.45, 2.75) is 45.7 Å². The smallest absolute Gasteiger partial charge is 0.190 e. The van der Waals surface area contributed by atoms with Crippen LogP contribution in [-0.4, -0.2) is 17.0 Å². The van der Waals surface area contributed by atoms with E-state index in [4.69, 9.17) is 12.2 Å². The molecule has 3 heteroatoms. The van der Waals surface area contributed by atoms with Crippen LogP contribution in [-0.2, 0) is 0 Å². The number of rotatable bonds is 1. The van der Waals surface area contributed by atoms with E-state index in [9.17, 15) is 0 Å². The molecule has 13 heavy (non-hydrogen) atoms. The maximum atomic E-state index is 5.66. The lowest BCUT2D eigenvalue weighted by molar-refractivity contribution is 0.504. The SMILES string of the molecule is C#CC(C)(C)N=C(N)NC(C)(C)C. The maximum absolute atomic E-state index is 5.66. The van der Waals surface area contributed by atoms with Crippen molar-refractivity contribution in [2.24, 2.45) is 10.7 Å². The minimum atomic E-state index is -0.539. The number of nitrogens with two attached hydrogens (primary N) is 1. The number of nitrogens with zero attached hydrogens (tertiary/aromatic N) is 1. The van der Waals surface area contributed by atoms with E-state index < -0.39 is 5.54 Å². The van der Waals surface area contributed by atoms with Gasteiger partial charge in [-0.25, -0.2) is 4.99 Å². The van der Waals surface area contributed by atoms with E-state index in [1.54, 1.807) is 0 Å². The van der Waals surface area contributed by atoms with Gasteiger partial charge in [-0.3, -0.25) is 0 Å². The van der Waals surface area contributed by atoms with E-state index in [0.29, 0.717) is 5.96 Å². The van der Waals surface area contributed by atoms with Crippen LogP contribution in [0.25, 0.3) is 0 Å². The Kier molecular flexibility index (Phi) is 3.36. The van der Waals surface area contributed by atoms with Gasteiger partial charge in [-0.2, -0.15) is 0 Å². The first-order chi connectivity index (χ1) is 5.66. The van der Waals surface area contributed by atoms with Crippen LogP contribution in [0.15, 0.2) is 4.99 Å². The highest BCUT2D eigenvalue weighted by molar-refractivity contribution is 5.79. The van der Waals surface area contributed by atoms with Gasteiger partial charge in [0, 0.05) is 5.54 Å². The van der Waals surface area contributed by atoms with Gasteiger partial charge in [0.2, 0.25) is 0 Å². The predicted molar refractivity (Wildman–Crippen MR) is 57.4 cm³/mol. The van der Waals surface area contributed by atoms with Crippen molar-refractivity contribution in [1.29, 1.82) is 0 Å². The van der Waals surface area contributed by atoms with Crippen LogP contribution in [0.4, 0.5) is 0 Å². The first kappa shape index (κ1) is 11.8. The van der Waals surface area contributed by atoms with Crippen molar-refractivity contribution in [2.75, 3.05) is 0 Å². The largest absolute Gasteiger partial charge is 0.370 e. The van der Waals surface area contributed by atoms with Gasteiger partial charge < -0.3 is 11.1 Å². The standard InChI is InChI=1S/C10H19N3/c1-7-10(5,6)13-8(11)12-9(2,3)4/h1H,2-6H3,(H3,11,12,13). The van der Waals surface area contributed by atoms with Crippen LogP contribution < -0.4 is 11.1 Å². The number of hydrogen-bond donors (Lipinski definition) is 2. The molecule has 0 amide bonds. The summed E-state index contributed by atoms with van der Waals surface area (Å²) in [6, 6.07) is 0. The van der Waals surface area contributed by atoms with Crippen molar-refractivity contribution in [3.63, 3.8) is 0 Å². The van der Waals surface area contributed by atoms with Gasteiger partial charge in [0.15, 0.2) is 5.96 Å². The summed E-state index contributed by atoms with van der Waals surface area (Å²) in [5.41, 5.74) is 5.04. The summed E-state index contributed by atoms with van der Waals surface area (Å²) >= 11 is 0. The molecule has 74 valence electrons. The Balaban J connectivity index is 4.45. The number of terminal acetylenes is 1. The van der Waals surface area contributed by atoms with Crippen LogP contribution in [0, 0.1) is 12.3 Å². The molecule has 0 heterocycles. The Morgan fingerprint density at radius 1 is 1.31 bits per heavy atom. The highest BCUT2D eigenvalue weighted by Gasteiger charge is 2.15. The first-order valence-electron chi connectivity index (χ1n) is 4.27. The topological polar surface area (TPSA) is 50.4 Å². The van der Waals surface area contributed by atoms with E-state index in [-0.39, 0.29) is 5.54 Å². The monoisotopic (exact) mass is 181 g/mol. The van der Waals surface area contributed by atoms with Crippen molar-refractivity contribution in [3.05, 3.63) is 0 Å². The molecule has 0 aromatic carbocycles. The summed E-state index contributed by atoms with van der Waals surface area (Å²) in [5, 5.41) is 3.04. The molecule has 0 bridgehead atoms. The molecule has 0 aliphatic carbocycles. The molecule has 0 fully saturated rings. The third-order valence-corrected chi connectivity index (χ3v) is 1.26. The zero-order valence-corrected chi connectivity index (χ0v) is 9.10. The average Bonchev–Trinajstić information content (AvgIpc) is 1.81. The summed E-state index contributed by atoms with van der Waals surface area (Å²) in [4.78, 5) is 4.16. The molecule has 0 rings (SSSR count). The summed E-state index contributed by atoms with van der Waals surface area (Å²) in [5.74, 6) is 2.94. The molecule has 0 saturated heterocycles. The molecule has 0 aromatic heterocycles. The average molecular weight is 181 g/mol. The number of guanidine groups is 1. The first-order valence-corrected chi connectivity index (χ1v) is 4.27. The summed E-state index contributed by atoms with van der Waals surface area (Å²) in [7, 11) is 0. The molecule has 3 N–H and O–H groups in total. The molecule has 3 nitrogen and oxygen atoms in total. The van der Waals surface area contributed by atoms with Gasteiger partial charge in [-0.05, 0) is 34.6 Å². The Hall–Kier alpha value is -1.17. The second-order valence-electron chi connectivity index (χ2n) is 4.58. The molecule has 0 radical (unpaired) electrons. The molecule has 0 saturated carbocycles. The van der Waals surface area contributed by atoms with Crippen LogP contribution in [0.2, 0.25) is 0 Å². The fourth-order valence-electron chi connectivity index (χ4n) is 0.746. The van der Waals surface area contributed by atoms with Gasteiger partial charge in [0.25, 0.3) is 0 Å². The van der Waals surface area contributed by atoms with Gasteiger partial charge in [0.1, 0.15) is 5.54 Å². The molecule has 0 spiro atoms. The van der Waals surface area contributed by atoms with Crippen LogP contribution in [0.1, 0.15) is 34.6 Å². The minimum Gasteiger partial charge on any atom is -0.370 e. The highest BCUT2D eigenvalue weighted by Crippen LogP contribution is 2.06. The summed E-state index contributed by atoms with van der Waals surface area (Å²) in [6.45, 7) is 9.71. The summed E-state index contributed by atoms with van der Waals surface area (Å²) < 4.78 is 0. The second-order valence-corrected chi connectivity index (χ2v) is 4.58. The van der Waals surface area contributed by atoms with Crippen molar-refractivity contribution in [3.8, 4) is 12.3 Å². The summed E-state index contributed by atoms with van der Waals surface area (Å²) in [6.07, 6.45) is 5.28. The molecule has 0 aliphatic rings. The van der Waals surface area contributed by atoms with E-state index in [1.165, 1.54) is 0 Å². The Morgan fingerprint density at radius 3 is 2.08 bits per heavy atom. The van der Waals surface area contributed by atoms with Crippen molar-refractivity contribution < 1.29 is 0 Å². The number of nitrogens with one attached hydrogen (secondary N) is 1. The zero-order chi connectivity index (χ0) is 10.7. The third kappa shape index (κ3) is 6.03. The predicted octanol–water partition coefficient (Wildman–Crippen LogP) is 1.10. The van der Waals surface area contributed by atoms with Crippen LogP contribution in [0.3, 0.4) is 0 Å². The fraction of sp³-hybridized carbons (Fsp3) is 0.700. The molecule has 0 aromatic rings. The number of aliphatic imine (C=N–C) groups is 1. The van der Waals surface area contributed by atoms with Crippen LogP contribution >= 0.6 is 0 Å². The van der Waals surface area contributed by atoms with E-state index in [1.807, 2.05) is 34.6 Å². The molecule has 0 aliphatic heterocycles. The van der Waals surface area contributed by atoms with Gasteiger partial charge >= 0.3 is 0 Å². The van der Waals surface area contributed by atoms with Crippen LogP contribution in [0.5, 0.6) is 0 Å². The van der Waals surface area contributed by atoms with Gasteiger partial charge in [0.05, 0.1) is 0 Å². The third-order valence-electron chi connectivity index (χ3n) is 1.26. The fourth-order valence-corrected chi connectivity index (χ4v) is 0.746. The van der Waals surface area contributed by atoms with E-state index in [2.05, 4.69) is 16.2 Å². The lowest BCUT2D eigenvalue weighted by Gasteiger charge is -2.23. The van der Waals surface area contributed by atoms with Crippen molar-refractivity contribution in [1.82, 2.24) is 5.32 Å². The van der Waals surface area contributed by atoms with Crippen molar-refractivity contribution >= 4 is 5.96 Å². The lowest BCUT2D eigenvalue weighted by Crippen LogP contribution is -2.46. The van der Waals surface area contributed by atoms with E-state index >= 15 is 0 Å². The Bertz CT molecular complexity index is 238. The van der Waals surface area contributed by atoms with E-state index in [0.717, 1.165) is 0 Å². The minimum absolute atomic E-state index is 0.0851. The normalized spacial score (nSPS) is 13.7.